The Labute approximate surface area is 106 Å². The number of nitrogens with one attached hydrogen (secondary N) is 1. The highest BCUT2D eigenvalue weighted by atomic mass is 79.9. The molecule has 0 aliphatic heterocycles. The molecule has 1 aromatic carbocycles. The fraction of sp³-hybridized carbons (Fsp3) is 0. The molecule has 1 heterocycles. The summed E-state index contributed by atoms with van der Waals surface area (Å²) in [5.74, 6) is -0.821. The molecule has 0 spiro atoms. The van der Waals surface area contributed by atoms with E-state index in [0.717, 1.165) is 10.2 Å². The molecule has 0 aliphatic carbocycles. The summed E-state index contributed by atoms with van der Waals surface area (Å²) < 4.78 is 0.961. The Kier molecular flexibility index (Phi) is 3.34. The van der Waals surface area contributed by atoms with Crippen LogP contribution in [0.25, 0.3) is 0 Å². The van der Waals surface area contributed by atoms with Gasteiger partial charge in [-0.25, -0.2) is 14.8 Å². The minimum Gasteiger partial charge on any atom is -0.477 e. The second-order valence-electron chi connectivity index (χ2n) is 3.20. The second kappa shape index (κ2) is 4.92. The molecule has 2 rings (SSSR count). The fourth-order valence-corrected chi connectivity index (χ4v) is 1.46. The highest BCUT2D eigenvalue weighted by Crippen LogP contribution is 2.16. The van der Waals surface area contributed by atoms with Gasteiger partial charge in [-0.1, -0.05) is 15.9 Å². The van der Waals surface area contributed by atoms with E-state index in [0.29, 0.717) is 0 Å². The highest BCUT2D eigenvalue weighted by Gasteiger charge is 2.05. The molecule has 0 unspecified atom stereocenters. The molecule has 2 N–H and O–H groups in total. The molecule has 86 valence electrons. The summed E-state index contributed by atoms with van der Waals surface area (Å²) in [6, 6.07) is 8.74. The monoisotopic (exact) mass is 293 g/mol. The van der Waals surface area contributed by atoms with E-state index in [4.69, 9.17) is 5.11 Å². The summed E-state index contributed by atoms with van der Waals surface area (Å²) in [6.07, 6.45) is 1.40. The molecule has 5 nitrogen and oxygen atoms in total. The maximum atomic E-state index is 10.7. The van der Waals surface area contributed by atoms with Crippen molar-refractivity contribution in [1.29, 1.82) is 0 Å². The van der Waals surface area contributed by atoms with Crippen molar-refractivity contribution >= 4 is 33.5 Å². The van der Waals surface area contributed by atoms with Gasteiger partial charge in [0.05, 0.1) is 0 Å². The highest BCUT2D eigenvalue weighted by molar-refractivity contribution is 9.10. The zero-order chi connectivity index (χ0) is 12.3. The summed E-state index contributed by atoms with van der Waals surface area (Å²) in [7, 11) is 0. The number of aromatic nitrogens is 2. The van der Waals surface area contributed by atoms with E-state index in [1.165, 1.54) is 12.3 Å². The molecular weight excluding hydrogens is 286 g/mol. The molecule has 0 radical (unpaired) electrons. The summed E-state index contributed by atoms with van der Waals surface area (Å²) in [6.45, 7) is 0. The predicted molar refractivity (Wildman–Crippen MR) is 66.4 cm³/mol. The number of carboxylic acid groups (broad SMARTS) is 1. The van der Waals surface area contributed by atoms with Crippen molar-refractivity contribution in [2.75, 3.05) is 5.32 Å². The first-order chi connectivity index (χ1) is 8.15. The topological polar surface area (TPSA) is 75.1 Å². The van der Waals surface area contributed by atoms with E-state index in [1.54, 1.807) is 0 Å². The van der Waals surface area contributed by atoms with E-state index in [1.807, 2.05) is 24.3 Å². The number of hydrogen-bond acceptors (Lipinski definition) is 4. The van der Waals surface area contributed by atoms with Gasteiger partial charge in [-0.15, -0.1) is 0 Å². The Morgan fingerprint density at radius 3 is 2.59 bits per heavy atom. The van der Waals surface area contributed by atoms with Crippen LogP contribution < -0.4 is 5.32 Å². The number of hydrogen-bond donors (Lipinski definition) is 2. The molecule has 0 atom stereocenters. The molecule has 0 amide bonds. The van der Waals surface area contributed by atoms with Crippen molar-refractivity contribution in [3.05, 3.63) is 46.7 Å². The summed E-state index contributed by atoms with van der Waals surface area (Å²) in [4.78, 5) is 18.5. The van der Waals surface area contributed by atoms with Gasteiger partial charge in [0.2, 0.25) is 5.95 Å². The van der Waals surface area contributed by atoms with Crippen LogP contribution in [0.2, 0.25) is 0 Å². The van der Waals surface area contributed by atoms with Crippen LogP contribution >= 0.6 is 15.9 Å². The minimum absolute atomic E-state index is 0.0420. The Morgan fingerprint density at radius 1 is 1.24 bits per heavy atom. The summed E-state index contributed by atoms with van der Waals surface area (Å²) in [5.41, 5.74) is 0.746. The van der Waals surface area contributed by atoms with Gasteiger partial charge in [0.1, 0.15) is 0 Å². The maximum Gasteiger partial charge on any atom is 0.354 e. The Bertz CT molecular complexity index is 543. The molecule has 1 aromatic heterocycles. The Morgan fingerprint density at radius 2 is 1.94 bits per heavy atom. The summed E-state index contributed by atoms with van der Waals surface area (Å²) >= 11 is 3.32. The first kappa shape index (κ1) is 11.5. The third-order valence-electron chi connectivity index (χ3n) is 1.98. The first-order valence-corrected chi connectivity index (χ1v) is 5.53. The quantitative estimate of drug-likeness (QED) is 0.910. The molecule has 0 fully saturated rings. The van der Waals surface area contributed by atoms with Gasteiger partial charge in [0.25, 0.3) is 0 Å². The van der Waals surface area contributed by atoms with Crippen molar-refractivity contribution in [3.63, 3.8) is 0 Å². The van der Waals surface area contributed by atoms with Crippen molar-refractivity contribution in [2.45, 2.75) is 0 Å². The molecular formula is C11H8BrN3O2. The zero-order valence-electron chi connectivity index (χ0n) is 8.59. The second-order valence-corrected chi connectivity index (χ2v) is 4.12. The molecule has 0 aliphatic rings. The van der Waals surface area contributed by atoms with Crippen molar-refractivity contribution in [2.24, 2.45) is 0 Å². The van der Waals surface area contributed by atoms with Crippen LogP contribution in [0.1, 0.15) is 10.5 Å². The lowest BCUT2D eigenvalue weighted by Crippen LogP contribution is -2.04. The first-order valence-electron chi connectivity index (χ1n) is 4.74. The lowest BCUT2D eigenvalue weighted by molar-refractivity contribution is 0.0690. The molecule has 2 aromatic rings. The molecule has 0 saturated heterocycles. The van der Waals surface area contributed by atoms with Gasteiger partial charge in [-0.2, -0.15) is 0 Å². The lowest BCUT2D eigenvalue weighted by atomic mass is 10.3. The molecule has 17 heavy (non-hydrogen) atoms. The number of aromatic carboxylic acids is 1. The molecule has 0 bridgehead atoms. The Hall–Kier alpha value is -1.95. The van der Waals surface area contributed by atoms with Gasteiger partial charge >= 0.3 is 5.97 Å². The number of halogens is 1. The van der Waals surface area contributed by atoms with Gasteiger partial charge in [0, 0.05) is 16.4 Å². The Balaban J connectivity index is 2.21. The van der Waals surface area contributed by atoms with E-state index < -0.39 is 5.97 Å². The van der Waals surface area contributed by atoms with E-state index in [-0.39, 0.29) is 11.6 Å². The number of carboxylic acids is 1. The van der Waals surface area contributed by atoms with E-state index in [2.05, 4.69) is 31.2 Å². The van der Waals surface area contributed by atoms with Gasteiger partial charge in [-0.05, 0) is 30.3 Å². The van der Waals surface area contributed by atoms with Crippen LogP contribution in [0.5, 0.6) is 0 Å². The number of carbonyl (C=O) groups is 1. The number of rotatable bonds is 3. The van der Waals surface area contributed by atoms with E-state index in [9.17, 15) is 4.79 Å². The smallest absolute Gasteiger partial charge is 0.354 e. The number of nitrogens with zero attached hydrogens (tertiary/aromatic N) is 2. The average Bonchev–Trinajstić information content (AvgIpc) is 2.32. The zero-order valence-corrected chi connectivity index (χ0v) is 10.2. The third-order valence-corrected chi connectivity index (χ3v) is 2.50. The maximum absolute atomic E-state index is 10.7. The molecule has 0 saturated carbocycles. The number of benzene rings is 1. The van der Waals surface area contributed by atoms with Crippen LogP contribution in [-0.2, 0) is 0 Å². The fourth-order valence-electron chi connectivity index (χ4n) is 1.20. The SMILES string of the molecule is O=C(O)c1ccnc(Nc2ccc(Br)cc2)n1. The van der Waals surface area contributed by atoms with Crippen molar-refractivity contribution < 1.29 is 9.90 Å². The van der Waals surface area contributed by atoms with Crippen LogP contribution in [0.3, 0.4) is 0 Å². The van der Waals surface area contributed by atoms with Crippen LogP contribution in [0.15, 0.2) is 41.0 Å². The largest absolute Gasteiger partial charge is 0.477 e. The lowest BCUT2D eigenvalue weighted by Gasteiger charge is -2.04. The standard InChI is InChI=1S/C11H8BrN3O2/c12-7-1-3-8(4-2-7)14-11-13-6-5-9(15-11)10(16)17/h1-6H,(H,16,17)(H,13,14,15). The average molecular weight is 294 g/mol. The van der Waals surface area contributed by atoms with Crippen molar-refractivity contribution in [1.82, 2.24) is 9.97 Å². The minimum atomic E-state index is -1.08. The predicted octanol–water partition coefficient (Wildman–Crippen LogP) is 2.68. The van der Waals surface area contributed by atoms with Crippen LogP contribution in [-0.4, -0.2) is 21.0 Å². The third kappa shape index (κ3) is 3.01. The van der Waals surface area contributed by atoms with Crippen LogP contribution in [0, 0.1) is 0 Å². The van der Waals surface area contributed by atoms with E-state index >= 15 is 0 Å². The summed E-state index contributed by atoms with van der Waals surface area (Å²) in [5, 5.41) is 11.7. The number of anilines is 2. The van der Waals surface area contributed by atoms with Gasteiger partial charge < -0.3 is 10.4 Å². The normalized spacial score (nSPS) is 9.94. The van der Waals surface area contributed by atoms with Gasteiger partial charge in [0.15, 0.2) is 5.69 Å². The molecule has 6 heteroatoms. The van der Waals surface area contributed by atoms with Gasteiger partial charge in [-0.3, -0.25) is 0 Å². The van der Waals surface area contributed by atoms with Crippen molar-refractivity contribution in [3.8, 4) is 0 Å². The van der Waals surface area contributed by atoms with Crippen LogP contribution in [0.4, 0.5) is 11.6 Å².